The highest BCUT2D eigenvalue weighted by molar-refractivity contribution is 5.68. The summed E-state index contributed by atoms with van der Waals surface area (Å²) in [5, 5.41) is 12.1. The lowest BCUT2D eigenvalue weighted by atomic mass is 10.2. The van der Waals surface area contributed by atoms with Crippen LogP contribution in [0.3, 0.4) is 0 Å². The molecule has 1 heterocycles. The Balaban J connectivity index is 2.38. The van der Waals surface area contributed by atoms with Crippen LogP contribution in [0.25, 0.3) is 0 Å². The van der Waals surface area contributed by atoms with E-state index in [-0.39, 0.29) is 13.1 Å². The third-order valence-electron chi connectivity index (χ3n) is 2.32. The molecule has 3 N–H and O–H groups in total. The number of hydrogen-bond acceptors (Lipinski definition) is 5. The molecule has 0 saturated heterocycles. The minimum atomic E-state index is -0.543. The van der Waals surface area contributed by atoms with Crippen LogP contribution in [-0.4, -0.2) is 33.6 Å². The van der Waals surface area contributed by atoms with Gasteiger partial charge in [-0.3, -0.25) is 5.10 Å². The molecule has 0 unspecified atom stereocenters. The molecule has 23 heavy (non-hydrogen) atoms. The van der Waals surface area contributed by atoms with E-state index in [4.69, 9.17) is 9.47 Å². The molecule has 1 aromatic heterocycles. The molecule has 0 spiro atoms. The highest BCUT2D eigenvalue weighted by Gasteiger charge is 2.17. The molecular weight excluding hydrogens is 300 g/mol. The molecule has 0 aliphatic carbocycles. The second kappa shape index (κ2) is 7.34. The van der Waals surface area contributed by atoms with Crippen LogP contribution in [0.2, 0.25) is 0 Å². The molecule has 0 saturated carbocycles. The maximum absolute atomic E-state index is 11.5. The van der Waals surface area contributed by atoms with Gasteiger partial charge in [0.1, 0.15) is 11.2 Å². The maximum Gasteiger partial charge on any atom is 0.407 e. The van der Waals surface area contributed by atoms with Gasteiger partial charge < -0.3 is 20.1 Å². The molecule has 1 aromatic rings. The van der Waals surface area contributed by atoms with E-state index >= 15 is 0 Å². The first-order valence-electron chi connectivity index (χ1n) is 7.41. The zero-order valence-electron chi connectivity index (χ0n) is 14.6. The Hall–Kier alpha value is -2.25. The molecule has 0 aliphatic rings. The van der Waals surface area contributed by atoms with Gasteiger partial charge in [0.05, 0.1) is 24.5 Å². The topological polar surface area (TPSA) is 105 Å². The predicted octanol–water partition coefficient (Wildman–Crippen LogP) is 2.46. The van der Waals surface area contributed by atoms with E-state index in [9.17, 15) is 9.59 Å². The number of alkyl carbamates (subject to hydrolysis) is 2. The first-order chi connectivity index (χ1) is 10.4. The number of aromatic nitrogens is 2. The number of hydrogen-bond donors (Lipinski definition) is 3. The normalized spacial score (nSPS) is 11.7. The van der Waals surface area contributed by atoms with Crippen LogP contribution in [0.1, 0.15) is 52.9 Å². The van der Waals surface area contributed by atoms with Crippen molar-refractivity contribution >= 4 is 12.2 Å². The summed E-state index contributed by atoms with van der Waals surface area (Å²) in [5.74, 6) is 0. The lowest BCUT2D eigenvalue weighted by Gasteiger charge is -2.19. The SMILES string of the molecule is CC(C)(C)OC(=O)NCc1cc(CNC(=O)OC(C)(C)C)[nH]n1. The van der Waals surface area contributed by atoms with Crippen LogP contribution >= 0.6 is 0 Å². The van der Waals surface area contributed by atoms with E-state index in [1.807, 2.05) is 0 Å². The highest BCUT2D eigenvalue weighted by Crippen LogP contribution is 2.08. The fourth-order valence-corrected chi connectivity index (χ4v) is 1.55. The van der Waals surface area contributed by atoms with Crippen LogP contribution in [0.15, 0.2) is 6.07 Å². The third kappa shape index (κ3) is 8.70. The van der Waals surface area contributed by atoms with Crippen molar-refractivity contribution in [2.45, 2.75) is 65.8 Å². The molecule has 8 nitrogen and oxygen atoms in total. The lowest BCUT2D eigenvalue weighted by Crippen LogP contribution is -2.32. The zero-order chi connectivity index (χ0) is 17.7. The lowest BCUT2D eigenvalue weighted by molar-refractivity contribution is 0.0512. The van der Waals surface area contributed by atoms with Crippen LogP contribution in [0.4, 0.5) is 9.59 Å². The number of rotatable bonds is 4. The van der Waals surface area contributed by atoms with E-state index in [0.29, 0.717) is 11.4 Å². The van der Waals surface area contributed by atoms with Crippen molar-refractivity contribution in [1.82, 2.24) is 20.8 Å². The van der Waals surface area contributed by atoms with Gasteiger partial charge in [0.2, 0.25) is 0 Å². The van der Waals surface area contributed by atoms with Gasteiger partial charge in [0.15, 0.2) is 0 Å². The number of H-pyrrole nitrogens is 1. The molecule has 0 fully saturated rings. The second-order valence-corrected chi connectivity index (χ2v) is 7.10. The molecule has 1 rings (SSSR count). The summed E-state index contributed by atoms with van der Waals surface area (Å²) in [4.78, 5) is 23.1. The predicted molar refractivity (Wildman–Crippen MR) is 84.7 cm³/mol. The average molecular weight is 326 g/mol. The van der Waals surface area contributed by atoms with Gasteiger partial charge in [0, 0.05) is 0 Å². The fraction of sp³-hybridized carbons (Fsp3) is 0.667. The molecule has 0 radical (unpaired) electrons. The summed E-state index contributed by atoms with van der Waals surface area (Å²) in [6, 6.07) is 1.74. The largest absolute Gasteiger partial charge is 0.444 e. The molecule has 0 aliphatic heterocycles. The van der Waals surface area contributed by atoms with Crippen molar-refractivity contribution in [3.8, 4) is 0 Å². The first-order valence-corrected chi connectivity index (χ1v) is 7.41. The van der Waals surface area contributed by atoms with Gasteiger partial charge in [-0.25, -0.2) is 9.59 Å². The first kappa shape index (κ1) is 18.8. The number of nitrogens with one attached hydrogen (secondary N) is 3. The Morgan fingerprint density at radius 1 is 1.00 bits per heavy atom. The Bertz CT molecular complexity index is 494. The number of nitrogens with zero attached hydrogens (tertiary/aromatic N) is 1. The second-order valence-electron chi connectivity index (χ2n) is 7.10. The van der Waals surface area contributed by atoms with Crippen molar-refractivity contribution in [1.29, 1.82) is 0 Å². The fourth-order valence-electron chi connectivity index (χ4n) is 1.55. The van der Waals surface area contributed by atoms with Gasteiger partial charge in [-0.05, 0) is 47.6 Å². The zero-order valence-corrected chi connectivity index (χ0v) is 14.6. The van der Waals surface area contributed by atoms with Crippen molar-refractivity contribution < 1.29 is 19.1 Å². The average Bonchev–Trinajstić information content (AvgIpc) is 2.77. The Morgan fingerprint density at radius 3 is 1.96 bits per heavy atom. The maximum atomic E-state index is 11.5. The molecule has 0 aromatic carbocycles. The van der Waals surface area contributed by atoms with Gasteiger partial charge >= 0.3 is 12.2 Å². The van der Waals surface area contributed by atoms with Gasteiger partial charge in [-0.1, -0.05) is 0 Å². The summed E-state index contributed by atoms with van der Waals surface area (Å²) in [6.45, 7) is 11.3. The minimum Gasteiger partial charge on any atom is -0.444 e. The highest BCUT2D eigenvalue weighted by atomic mass is 16.6. The minimum absolute atomic E-state index is 0.234. The summed E-state index contributed by atoms with van der Waals surface area (Å²) < 4.78 is 10.3. The van der Waals surface area contributed by atoms with Crippen LogP contribution < -0.4 is 10.6 Å². The molecule has 0 bridgehead atoms. The number of amides is 2. The van der Waals surface area contributed by atoms with Crippen LogP contribution in [-0.2, 0) is 22.6 Å². The third-order valence-corrected chi connectivity index (χ3v) is 2.32. The molecule has 130 valence electrons. The quantitative estimate of drug-likeness (QED) is 0.788. The van der Waals surface area contributed by atoms with E-state index in [2.05, 4.69) is 20.8 Å². The monoisotopic (exact) mass is 326 g/mol. The Labute approximate surface area is 136 Å². The number of ether oxygens (including phenoxy) is 2. The van der Waals surface area contributed by atoms with Crippen LogP contribution in [0, 0.1) is 0 Å². The van der Waals surface area contributed by atoms with Crippen molar-refractivity contribution in [2.75, 3.05) is 0 Å². The molecule has 8 heteroatoms. The van der Waals surface area contributed by atoms with Crippen molar-refractivity contribution in [3.05, 3.63) is 17.5 Å². The van der Waals surface area contributed by atoms with E-state index < -0.39 is 23.4 Å². The summed E-state index contributed by atoms with van der Waals surface area (Å²) in [7, 11) is 0. The van der Waals surface area contributed by atoms with Crippen molar-refractivity contribution in [3.63, 3.8) is 0 Å². The van der Waals surface area contributed by atoms with Crippen LogP contribution in [0.5, 0.6) is 0 Å². The van der Waals surface area contributed by atoms with E-state index in [1.54, 1.807) is 47.6 Å². The summed E-state index contributed by atoms with van der Waals surface area (Å²) >= 11 is 0. The number of carbonyl (C=O) groups excluding carboxylic acids is 2. The van der Waals surface area contributed by atoms with Gasteiger partial charge in [0.25, 0.3) is 0 Å². The van der Waals surface area contributed by atoms with E-state index in [1.165, 1.54) is 0 Å². The van der Waals surface area contributed by atoms with Gasteiger partial charge in [-0.15, -0.1) is 0 Å². The smallest absolute Gasteiger partial charge is 0.407 e. The number of aromatic amines is 1. The molecular formula is C15H26N4O4. The molecule has 0 atom stereocenters. The molecule has 2 amide bonds. The summed E-state index contributed by atoms with van der Waals surface area (Å²) in [6.07, 6.45) is -1.01. The van der Waals surface area contributed by atoms with Gasteiger partial charge in [-0.2, -0.15) is 5.10 Å². The standard InChI is InChI=1S/C15H26N4O4/c1-14(2,3)22-12(20)16-8-10-7-11(19-18-10)9-17-13(21)23-15(4,5)6/h7H,8-9H2,1-6H3,(H,16,20)(H,17,21)(H,18,19). The number of carbonyl (C=O) groups is 2. The van der Waals surface area contributed by atoms with Crippen molar-refractivity contribution in [2.24, 2.45) is 0 Å². The Kier molecular flexibility index (Phi) is 6.00. The van der Waals surface area contributed by atoms with E-state index in [0.717, 1.165) is 0 Å². The summed E-state index contributed by atoms with van der Waals surface area (Å²) in [5.41, 5.74) is 0.257. The Morgan fingerprint density at radius 2 is 1.48 bits per heavy atom.